The van der Waals surface area contributed by atoms with Crippen molar-refractivity contribution in [2.75, 3.05) is 19.8 Å². The van der Waals surface area contributed by atoms with E-state index < -0.39 is 5.97 Å². The molecule has 0 N–H and O–H groups in total. The molecule has 0 saturated carbocycles. The molecule has 3 nitrogen and oxygen atoms in total. The van der Waals surface area contributed by atoms with Crippen LogP contribution < -0.4 is 0 Å². The van der Waals surface area contributed by atoms with Gasteiger partial charge in [0.2, 0.25) is 0 Å². The number of rotatable bonds is 6. The minimum absolute atomic E-state index is 0.0380. The average molecular weight is 314 g/mol. The molecule has 1 aromatic rings. The molecule has 0 aromatic heterocycles. The van der Waals surface area contributed by atoms with E-state index in [2.05, 4.69) is 38.6 Å². The van der Waals surface area contributed by atoms with Gasteiger partial charge in [0.05, 0.1) is 19.8 Å². The smallest absolute Gasteiger partial charge is 0.312 e. The minimum atomic E-state index is -1.02. The zero-order valence-electron chi connectivity index (χ0n) is 14.1. The third-order valence-corrected chi connectivity index (χ3v) is 4.70. The first-order valence-electron chi connectivity index (χ1n) is 8.52. The van der Waals surface area contributed by atoms with Gasteiger partial charge >= 0.3 is 5.97 Å². The Morgan fingerprint density at radius 2 is 1.70 bits per heavy atom. The molecule has 3 fully saturated rings. The van der Waals surface area contributed by atoms with Crippen molar-refractivity contribution in [2.24, 2.45) is 5.41 Å². The van der Waals surface area contributed by atoms with Crippen LogP contribution in [0.5, 0.6) is 0 Å². The summed E-state index contributed by atoms with van der Waals surface area (Å²) in [7, 11) is 0. The van der Waals surface area contributed by atoms with Crippen LogP contribution in [0.15, 0.2) is 43.0 Å². The Kier molecular flexibility index (Phi) is 4.72. The van der Waals surface area contributed by atoms with Crippen molar-refractivity contribution in [3.8, 4) is 0 Å². The van der Waals surface area contributed by atoms with E-state index in [1.165, 1.54) is 0 Å². The van der Waals surface area contributed by atoms with Gasteiger partial charge in [0.25, 0.3) is 0 Å². The van der Waals surface area contributed by atoms with Gasteiger partial charge in [0, 0.05) is 11.0 Å². The molecule has 0 unspecified atom stereocenters. The van der Waals surface area contributed by atoms with Gasteiger partial charge in [-0.05, 0) is 24.0 Å². The van der Waals surface area contributed by atoms with Crippen molar-refractivity contribution in [1.82, 2.24) is 0 Å². The average Bonchev–Trinajstić information content (AvgIpc) is 2.61. The van der Waals surface area contributed by atoms with Gasteiger partial charge in [-0.1, -0.05) is 63.3 Å². The fraction of sp³-hybridized carbons (Fsp3) is 0.500. The van der Waals surface area contributed by atoms with E-state index >= 15 is 0 Å². The second kappa shape index (κ2) is 6.60. The summed E-state index contributed by atoms with van der Waals surface area (Å²) in [6, 6.07) is 8.21. The number of fused-ring (bicyclic) bond motifs is 3. The van der Waals surface area contributed by atoms with Crippen molar-refractivity contribution < 1.29 is 14.2 Å². The lowest BCUT2D eigenvalue weighted by molar-refractivity contribution is -0.480. The molecule has 3 saturated heterocycles. The maximum atomic E-state index is 6.00. The maximum Gasteiger partial charge on any atom is 0.312 e. The summed E-state index contributed by atoms with van der Waals surface area (Å²) in [4.78, 5) is 0. The first kappa shape index (κ1) is 16.4. The molecule has 4 rings (SSSR count). The molecule has 3 heterocycles. The molecule has 0 radical (unpaired) electrons. The molecule has 0 spiro atoms. The molecule has 23 heavy (non-hydrogen) atoms. The van der Waals surface area contributed by atoms with E-state index in [1.807, 2.05) is 18.2 Å². The van der Waals surface area contributed by atoms with Crippen LogP contribution in [0.3, 0.4) is 0 Å². The quantitative estimate of drug-likeness (QED) is 0.716. The van der Waals surface area contributed by atoms with Gasteiger partial charge in [0.1, 0.15) is 0 Å². The van der Waals surface area contributed by atoms with Crippen LogP contribution in [0.25, 0.3) is 5.57 Å². The Balaban J connectivity index is 1.79. The van der Waals surface area contributed by atoms with E-state index in [4.69, 9.17) is 14.2 Å². The van der Waals surface area contributed by atoms with Crippen LogP contribution in [0.2, 0.25) is 0 Å². The van der Waals surface area contributed by atoms with E-state index in [1.54, 1.807) is 0 Å². The third kappa shape index (κ3) is 3.01. The Morgan fingerprint density at radius 3 is 2.17 bits per heavy atom. The first-order valence-corrected chi connectivity index (χ1v) is 8.52. The third-order valence-electron chi connectivity index (χ3n) is 4.70. The highest BCUT2D eigenvalue weighted by Gasteiger charge is 2.53. The lowest BCUT2D eigenvalue weighted by atomic mass is 9.83. The predicted molar refractivity (Wildman–Crippen MR) is 91.8 cm³/mol. The number of ether oxygens (including phenoxy) is 3. The highest BCUT2D eigenvalue weighted by atomic mass is 16.9. The lowest BCUT2D eigenvalue weighted by Gasteiger charge is -2.51. The summed E-state index contributed by atoms with van der Waals surface area (Å²) in [5, 5.41) is 0. The Hall–Kier alpha value is -1.42. The maximum absolute atomic E-state index is 6.00. The summed E-state index contributed by atoms with van der Waals surface area (Å²) in [5.74, 6) is -1.02. The minimum Gasteiger partial charge on any atom is -0.323 e. The summed E-state index contributed by atoms with van der Waals surface area (Å²) < 4.78 is 18.0. The molecule has 0 aliphatic carbocycles. The summed E-state index contributed by atoms with van der Waals surface area (Å²) in [6.45, 7) is 10.3. The van der Waals surface area contributed by atoms with Crippen LogP contribution in [0, 0.1) is 5.41 Å². The number of hydrogen-bond acceptors (Lipinski definition) is 3. The van der Waals surface area contributed by atoms with E-state index in [0.29, 0.717) is 19.8 Å². The topological polar surface area (TPSA) is 27.7 Å². The zero-order chi connectivity index (χ0) is 16.3. The molecule has 0 atom stereocenters. The second-order valence-electron chi connectivity index (χ2n) is 6.52. The zero-order valence-corrected chi connectivity index (χ0v) is 14.1. The Morgan fingerprint density at radius 1 is 1.09 bits per heavy atom. The number of allylic oxidation sites excluding steroid dienone is 3. The number of hydrogen-bond donors (Lipinski definition) is 0. The van der Waals surface area contributed by atoms with Crippen molar-refractivity contribution in [1.29, 1.82) is 0 Å². The monoisotopic (exact) mass is 314 g/mol. The Labute approximate surface area is 138 Å². The van der Waals surface area contributed by atoms with Crippen LogP contribution in [0.4, 0.5) is 0 Å². The Bertz CT molecular complexity index is 561. The van der Waals surface area contributed by atoms with Gasteiger partial charge in [-0.15, -0.1) is 0 Å². The van der Waals surface area contributed by atoms with Gasteiger partial charge in [-0.2, -0.15) is 0 Å². The van der Waals surface area contributed by atoms with E-state index in [-0.39, 0.29) is 5.41 Å². The molecule has 0 amide bonds. The van der Waals surface area contributed by atoms with Gasteiger partial charge in [-0.25, -0.2) is 0 Å². The van der Waals surface area contributed by atoms with Crippen molar-refractivity contribution in [3.63, 3.8) is 0 Å². The molecular weight excluding hydrogens is 288 g/mol. The van der Waals surface area contributed by atoms with Gasteiger partial charge < -0.3 is 14.2 Å². The first-order chi connectivity index (χ1) is 11.2. The van der Waals surface area contributed by atoms with Crippen molar-refractivity contribution in [2.45, 2.75) is 39.1 Å². The molecule has 3 aliphatic rings. The van der Waals surface area contributed by atoms with Crippen molar-refractivity contribution in [3.05, 3.63) is 54.1 Å². The van der Waals surface area contributed by atoms with Gasteiger partial charge in [-0.3, -0.25) is 0 Å². The standard InChI is InChI=1S/C20H26O3/c1-4-7-16(6-3)17-8-10-18(11-9-17)20-21-13-19(12-5-2,14-22-20)15-23-20/h6-11H,3-5,12-15H2,1-2H3/b16-7+. The normalized spacial score (nSPS) is 30.4. The van der Waals surface area contributed by atoms with Gasteiger partial charge in [0.15, 0.2) is 0 Å². The molecule has 124 valence electrons. The SMILES string of the molecule is C=C/C(=C\CC)c1ccc(C23OCC(CCC)(CO2)CO3)cc1. The fourth-order valence-electron chi connectivity index (χ4n) is 3.40. The fourth-order valence-corrected chi connectivity index (χ4v) is 3.40. The highest BCUT2D eigenvalue weighted by Crippen LogP contribution is 2.46. The van der Waals surface area contributed by atoms with Crippen LogP contribution in [-0.2, 0) is 20.2 Å². The highest BCUT2D eigenvalue weighted by molar-refractivity contribution is 5.73. The molecule has 3 heteroatoms. The summed E-state index contributed by atoms with van der Waals surface area (Å²) in [5.41, 5.74) is 3.25. The molecule has 1 aromatic carbocycles. The predicted octanol–water partition coefficient (Wildman–Crippen LogP) is 4.64. The van der Waals surface area contributed by atoms with Crippen LogP contribution in [-0.4, -0.2) is 19.8 Å². The summed E-state index contributed by atoms with van der Waals surface area (Å²) >= 11 is 0. The molecule has 2 bridgehead atoms. The lowest BCUT2D eigenvalue weighted by Crippen LogP contribution is -2.58. The molecular formula is C20H26O3. The number of benzene rings is 1. The van der Waals surface area contributed by atoms with E-state index in [0.717, 1.165) is 36.0 Å². The molecule has 3 aliphatic heterocycles. The van der Waals surface area contributed by atoms with E-state index in [9.17, 15) is 0 Å². The van der Waals surface area contributed by atoms with Crippen molar-refractivity contribution >= 4 is 5.57 Å². The largest absolute Gasteiger partial charge is 0.323 e. The summed E-state index contributed by atoms with van der Waals surface area (Å²) in [6.07, 6.45) is 7.24. The van der Waals surface area contributed by atoms with Crippen LogP contribution >= 0.6 is 0 Å². The van der Waals surface area contributed by atoms with Crippen LogP contribution in [0.1, 0.15) is 44.2 Å². The second-order valence-corrected chi connectivity index (χ2v) is 6.52.